The molecule has 1 aliphatic heterocycles. The lowest BCUT2D eigenvalue weighted by Crippen LogP contribution is -2.40. The standard InChI is InChI=1S/C15H21NO4/c1-10(12-8-5-9-20-12)16-15(17)11-6-4-7-13(18-2)14(11)19-3/h4,6-7,10,12H,5,8-9H2,1-3H3,(H,16,17)/t10-,12+/m1/s1. The fourth-order valence-corrected chi connectivity index (χ4v) is 2.44. The number of hydrogen-bond acceptors (Lipinski definition) is 4. The monoisotopic (exact) mass is 279 g/mol. The number of ether oxygens (including phenoxy) is 3. The van der Waals surface area contributed by atoms with Crippen molar-refractivity contribution < 1.29 is 19.0 Å². The molecule has 1 aromatic rings. The van der Waals surface area contributed by atoms with Crippen LogP contribution in [0.1, 0.15) is 30.1 Å². The Balaban J connectivity index is 2.12. The van der Waals surface area contributed by atoms with E-state index in [9.17, 15) is 4.79 Å². The van der Waals surface area contributed by atoms with Crippen LogP contribution in [0.25, 0.3) is 0 Å². The van der Waals surface area contributed by atoms with Crippen LogP contribution in [0.5, 0.6) is 11.5 Å². The van der Waals surface area contributed by atoms with Gasteiger partial charge in [-0.25, -0.2) is 0 Å². The Labute approximate surface area is 119 Å². The first-order valence-electron chi connectivity index (χ1n) is 6.80. The zero-order chi connectivity index (χ0) is 14.5. The minimum atomic E-state index is -0.177. The number of carbonyl (C=O) groups is 1. The second kappa shape index (κ2) is 6.61. The van der Waals surface area contributed by atoms with Crippen LogP contribution >= 0.6 is 0 Å². The number of carbonyl (C=O) groups excluding carboxylic acids is 1. The predicted molar refractivity (Wildman–Crippen MR) is 75.4 cm³/mol. The van der Waals surface area contributed by atoms with Gasteiger partial charge in [-0.3, -0.25) is 4.79 Å². The smallest absolute Gasteiger partial charge is 0.255 e. The van der Waals surface area contributed by atoms with Crippen molar-refractivity contribution in [3.63, 3.8) is 0 Å². The molecule has 5 heteroatoms. The molecule has 20 heavy (non-hydrogen) atoms. The SMILES string of the molecule is COc1cccc(C(=O)N[C@H](C)[C@@H]2CCCO2)c1OC. The lowest BCUT2D eigenvalue weighted by atomic mass is 10.1. The molecule has 1 fully saturated rings. The molecule has 1 aromatic carbocycles. The van der Waals surface area contributed by atoms with Crippen LogP contribution in [0, 0.1) is 0 Å². The van der Waals surface area contributed by atoms with Gasteiger partial charge < -0.3 is 19.5 Å². The molecular formula is C15H21NO4. The minimum absolute atomic E-state index is 0.0269. The third-order valence-electron chi connectivity index (χ3n) is 3.53. The molecular weight excluding hydrogens is 258 g/mol. The van der Waals surface area contributed by atoms with Crippen molar-refractivity contribution in [3.8, 4) is 11.5 Å². The van der Waals surface area contributed by atoms with Gasteiger partial charge in [-0.2, -0.15) is 0 Å². The molecule has 2 rings (SSSR count). The van der Waals surface area contributed by atoms with E-state index in [1.54, 1.807) is 25.3 Å². The van der Waals surface area contributed by atoms with Gasteiger partial charge in [0.15, 0.2) is 11.5 Å². The summed E-state index contributed by atoms with van der Waals surface area (Å²) in [6, 6.07) is 5.23. The van der Waals surface area contributed by atoms with Gasteiger partial charge in [0, 0.05) is 6.61 Å². The van der Waals surface area contributed by atoms with Gasteiger partial charge in [-0.05, 0) is 31.9 Å². The van der Waals surface area contributed by atoms with E-state index < -0.39 is 0 Å². The lowest BCUT2D eigenvalue weighted by Gasteiger charge is -2.21. The molecule has 110 valence electrons. The predicted octanol–water partition coefficient (Wildman–Crippen LogP) is 2.00. The summed E-state index contributed by atoms with van der Waals surface area (Å²) >= 11 is 0. The van der Waals surface area contributed by atoms with Crippen molar-refractivity contribution in [1.82, 2.24) is 5.32 Å². The van der Waals surface area contributed by atoms with Crippen LogP contribution < -0.4 is 14.8 Å². The molecule has 0 radical (unpaired) electrons. The summed E-state index contributed by atoms with van der Waals surface area (Å²) in [5.74, 6) is 0.820. The van der Waals surface area contributed by atoms with Crippen molar-refractivity contribution >= 4 is 5.91 Å². The topological polar surface area (TPSA) is 56.8 Å². The van der Waals surface area contributed by atoms with Crippen molar-refractivity contribution in [3.05, 3.63) is 23.8 Å². The summed E-state index contributed by atoms with van der Waals surface area (Å²) in [6.07, 6.45) is 2.12. The molecule has 0 bridgehead atoms. The normalized spacial score (nSPS) is 19.4. The highest BCUT2D eigenvalue weighted by Crippen LogP contribution is 2.30. The van der Waals surface area contributed by atoms with Gasteiger partial charge in [0.2, 0.25) is 0 Å². The number of rotatable bonds is 5. The molecule has 0 unspecified atom stereocenters. The molecule has 1 heterocycles. The average molecular weight is 279 g/mol. The fourth-order valence-electron chi connectivity index (χ4n) is 2.44. The zero-order valence-electron chi connectivity index (χ0n) is 12.1. The Morgan fingerprint density at radius 3 is 2.80 bits per heavy atom. The molecule has 1 aliphatic rings. The van der Waals surface area contributed by atoms with E-state index in [1.807, 2.05) is 6.92 Å². The molecule has 5 nitrogen and oxygen atoms in total. The number of benzene rings is 1. The first kappa shape index (κ1) is 14.7. The largest absolute Gasteiger partial charge is 0.493 e. The second-order valence-electron chi connectivity index (χ2n) is 4.85. The quantitative estimate of drug-likeness (QED) is 0.895. The highest BCUT2D eigenvalue weighted by molar-refractivity contribution is 5.98. The van der Waals surface area contributed by atoms with E-state index >= 15 is 0 Å². The number of para-hydroxylation sites is 1. The summed E-state index contributed by atoms with van der Waals surface area (Å²) in [5.41, 5.74) is 0.469. The molecule has 1 N–H and O–H groups in total. The van der Waals surface area contributed by atoms with Crippen molar-refractivity contribution in [2.24, 2.45) is 0 Å². The van der Waals surface area contributed by atoms with E-state index in [0.29, 0.717) is 17.1 Å². The maximum atomic E-state index is 12.4. The highest BCUT2D eigenvalue weighted by Gasteiger charge is 2.25. The van der Waals surface area contributed by atoms with Gasteiger partial charge in [0.1, 0.15) is 0 Å². The molecule has 1 amide bonds. The second-order valence-corrected chi connectivity index (χ2v) is 4.85. The molecule has 1 saturated heterocycles. The Hall–Kier alpha value is -1.75. The Kier molecular flexibility index (Phi) is 4.84. The van der Waals surface area contributed by atoms with Crippen molar-refractivity contribution in [2.45, 2.75) is 31.9 Å². The average Bonchev–Trinajstić information content (AvgIpc) is 3.00. The summed E-state index contributed by atoms with van der Waals surface area (Å²) in [4.78, 5) is 12.4. The van der Waals surface area contributed by atoms with E-state index in [0.717, 1.165) is 19.4 Å². The molecule has 0 aliphatic carbocycles. The highest BCUT2D eigenvalue weighted by atomic mass is 16.5. The van der Waals surface area contributed by atoms with Crippen LogP contribution in [-0.2, 0) is 4.74 Å². The van der Waals surface area contributed by atoms with Gasteiger partial charge in [-0.1, -0.05) is 6.07 Å². The van der Waals surface area contributed by atoms with Crippen LogP contribution in [0.3, 0.4) is 0 Å². The first-order valence-corrected chi connectivity index (χ1v) is 6.80. The zero-order valence-corrected chi connectivity index (χ0v) is 12.1. The number of amides is 1. The number of methoxy groups -OCH3 is 2. The molecule has 0 aromatic heterocycles. The lowest BCUT2D eigenvalue weighted by molar-refractivity contribution is 0.0710. The van der Waals surface area contributed by atoms with Crippen LogP contribution in [0.2, 0.25) is 0 Å². The van der Waals surface area contributed by atoms with Crippen LogP contribution in [0.15, 0.2) is 18.2 Å². The summed E-state index contributed by atoms with van der Waals surface area (Å²) in [6.45, 7) is 2.73. The summed E-state index contributed by atoms with van der Waals surface area (Å²) < 4.78 is 16.1. The minimum Gasteiger partial charge on any atom is -0.493 e. The Morgan fingerprint density at radius 1 is 1.40 bits per heavy atom. The van der Waals surface area contributed by atoms with E-state index in [-0.39, 0.29) is 18.1 Å². The number of hydrogen-bond donors (Lipinski definition) is 1. The van der Waals surface area contributed by atoms with Gasteiger partial charge in [0.05, 0.1) is 31.9 Å². The van der Waals surface area contributed by atoms with Gasteiger partial charge in [-0.15, -0.1) is 0 Å². The maximum Gasteiger partial charge on any atom is 0.255 e. The van der Waals surface area contributed by atoms with E-state index in [2.05, 4.69) is 5.32 Å². The van der Waals surface area contributed by atoms with Gasteiger partial charge >= 0.3 is 0 Å². The Morgan fingerprint density at radius 2 is 2.20 bits per heavy atom. The van der Waals surface area contributed by atoms with Crippen LogP contribution in [-0.4, -0.2) is 38.9 Å². The van der Waals surface area contributed by atoms with E-state index in [1.165, 1.54) is 7.11 Å². The van der Waals surface area contributed by atoms with Gasteiger partial charge in [0.25, 0.3) is 5.91 Å². The summed E-state index contributed by atoms with van der Waals surface area (Å²) in [7, 11) is 3.08. The Bertz CT molecular complexity index is 469. The third kappa shape index (κ3) is 3.04. The molecule has 0 spiro atoms. The third-order valence-corrected chi connectivity index (χ3v) is 3.53. The van der Waals surface area contributed by atoms with E-state index in [4.69, 9.17) is 14.2 Å². The van der Waals surface area contributed by atoms with Crippen molar-refractivity contribution in [1.29, 1.82) is 0 Å². The summed E-state index contributed by atoms with van der Waals surface area (Å²) in [5, 5.41) is 2.96. The fraction of sp³-hybridized carbons (Fsp3) is 0.533. The van der Waals surface area contributed by atoms with Crippen molar-refractivity contribution in [2.75, 3.05) is 20.8 Å². The maximum absolute atomic E-state index is 12.4. The number of nitrogens with one attached hydrogen (secondary N) is 1. The molecule has 2 atom stereocenters. The van der Waals surface area contributed by atoms with Crippen LogP contribution in [0.4, 0.5) is 0 Å². The molecule has 0 saturated carbocycles. The first-order chi connectivity index (χ1) is 9.67.